The molecule has 1 aliphatic heterocycles. The Kier molecular flexibility index (Phi) is 6.03. The number of hydrogen-bond acceptors (Lipinski definition) is 7. The van der Waals surface area contributed by atoms with E-state index in [0.29, 0.717) is 28.8 Å². The molecule has 8 nitrogen and oxygen atoms in total. The quantitative estimate of drug-likeness (QED) is 0.319. The molecule has 0 unspecified atom stereocenters. The van der Waals surface area contributed by atoms with Gasteiger partial charge in [-0.25, -0.2) is 14.6 Å². The lowest BCUT2D eigenvalue weighted by Gasteiger charge is -2.29. The van der Waals surface area contributed by atoms with Crippen molar-refractivity contribution in [1.82, 2.24) is 25.0 Å². The van der Waals surface area contributed by atoms with Crippen molar-refractivity contribution in [3.63, 3.8) is 0 Å². The van der Waals surface area contributed by atoms with Crippen LogP contribution in [0.15, 0.2) is 72.1 Å². The van der Waals surface area contributed by atoms with Crippen molar-refractivity contribution in [3.8, 4) is 11.4 Å². The first-order valence-electron chi connectivity index (χ1n) is 10.6. The fraction of sp³-hybridized carbons (Fsp3) is 0.208. The zero-order valence-electron chi connectivity index (χ0n) is 18.1. The highest BCUT2D eigenvalue weighted by Crippen LogP contribution is 2.30. The van der Waals surface area contributed by atoms with Crippen LogP contribution in [0.1, 0.15) is 28.2 Å². The maximum Gasteiger partial charge on any atom is 0.280 e. The van der Waals surface area contributed by atoms with Crippen LogP contribution in [-0.2, 0) is 12.2 Å². The Hall–Kier alpha value is -3.72. The molecule has 3 heterocycles. The second kappa shape index (κ2) is 9.41. The lowest BCUT2D eigenvalue weighted by molar-refractivity contribution is 0.0979. The summed E-state index contributed by atoms with van der Waals surface area (Å²) in [5.74, 6) is 1.04. The van der Waals surface area contributed by atoms with Crippen LogP contribution < -0.4 is 9.64 Å². The van der Waals surface area contributed by atoms with Crippen molar-refractivity contribution in [2.24, 2.45) is 0 Å². The van der Waals surface area contributed by atoms with Crippen molar-refractivity contribution in [2.45, 2.75) is 23.8 Å². The predicted molar refractivity (Wildman–Crippen MR) is 126 cm³/mol. The first kappa shape index (κ1) is 21.1. The lowest BCUT2D eigenvalue weighted by Crippen LogP contribution is -2.36. The van der Waals surface area contributed by atoms with E-state index in [9.17, 15) is 4.79 Å². The average molecular weight is 459 g/mol. The van der Waals surface area contributed by atoms with Crippen LogP contribution >= 0.6 is 11.8 Å². The summed E-state index contributed by atoms with van der Waals surface area (Å²) >= 11 is 1.44. The minimum atomic E-state index is -0.147. The summed E-state index contributed by atoms with van der Waals surface area (Å²) in [5, 5.41) is 9.31. The number of ether oxygens (including phenoxy) is 1. The van der Waals surface area contributed by atoms with E-state index in [-0.39, 0.29) is 5.91 Å². The summed E-state index contributed by atoms with van der Waals surface area (Å²) in [6, 6.07) is 17.3. The lowest BCUT2D eigenvalue weighted by atomic mass is 10.0. The second-order valence-electron chi connectivity index (χ2n) is 7.50. The van der Waals surface area contributed by atoms with Crippen LogP contribution in [0.4, 0.5) is 5.69 Å². The second-order valence-corrected chi connectivity index (χ2v) is 8.45. The molecule has 1 aliphatic rings. The van der Waals surface area contributed by atoms with Crippen LogP contribution in [0, 0.1) is 0 Å². The molecular formula is C24H22N6O2S. The molecule has 0 N–H and O–H groups in total. The zero-order valence-corrected chi connectivity index (χ0v) is 18.9. The summed E-state index contributed by atoms with van der Waals surface area (Å²) in [4.78, 5) is 24.1. The molecule has 33 heavy (non-hydrogen) atoms. The molecule has 0 spiro atoms. The summed E-state index contributed by atoms with van der Waals surface area (Å²) in [6.45, 7) is 0.652. The number of benzene rings is 2. The number of aryl methyl sites for hydroxylation is 1. The van der Waals surface area contributed by atoms with E-state index in [1.165, 1.54) is 17.3 Å². The van der Waals surface area contributed by atoms with E-state index in [0.717, 1.165) is 30.0 Å². The van der Waals surface area contributed by atoms with Gasteiger partial charge in [-0.1, -0.05) is 35.2 Å². The van der Waals surface area contributed by atoms with Crippen LogP contribution in [0.3, 0.4) is 0 Å². The largest absolute Gasteiger partial charge is 0.497 e. The SMILES string of the molecule is COc1ccc(-n2nnc(C(=O)N3CCCc4ccccc43)c2CSc2ncccn2)cc1. The standard InChI is InChI=1S/C24H22N6O2S/c1-32-19-11-9-18(10-12-19)30-21(16-33-24-25-13-5-14-26-24)22(27-28-30)23(31)29-15-4-7-17-6-2-3-8-20(17)29/h2-3,5-6,8-14H,4,7,15-16H2,1H3. The summed E-state index contributed by atoms with van der Waals surface area (Å²) in [6.07, 6.45) is 5.28. The number of rotatable bonds is 6. The predicted octanol–water partition coefficient (Wildman–Crippen LogP) is 3.95. The van der Waals surface area contributed by atoms with E-state index in [1.54, 1.807) is 30.3 Å². The van der Waals surface area contributed by atoms with Crippen molar-refractivity contribution in [1.29, 1.82) is 0 Å². The average Bonchev–Trinajstić information content (AvgIpc) is 3.31. The number of aromatic nitrogens is 5. The van der Waals surface area contributed by atoms with Gasteiger partial charge >= 0.3 is 0 Å². The Labute approximate surface area is 195 Å². The van der Waals surface area contributed by atoms with Gasteiger partial charge in [-0.2, -0.15) is 0 Å². The van der Waals surface area contributed by atoms with Gasteiger partial charge in [-0.15, -0.1) is 5.10 Å². The number of methoxy groups -OCH3 is 1. The van der Waals surface area contributed by atoms with E-state index >= 15 is 0 Å². The monoisotopic (exact) mass is 458 g/mol. The van der Waals surface area contributed by atoms with E-state index < -0.39 is 0 Å². The summed E-state index contributed by atoms with van der Waals surface area (Å²) < 4.78 is 6.98. The minimum Gasteiger partial charge on any atom is -0.497 e. The first-order valence-corrected chi connectivity index (χ1v) is 11.6. The first-order chi connectivity index (χ1) is 16.2. The van der Waals surface area contributed by atoms with Gasteiger partial charge < -0.3 is 9.64 Å². The van der Waals surface area contributed by atoms with E-state index in [4.69, 9.17) is 4.74 Å². The number of para-hydroxylation sites is 1. The van der Waals surface area contributed by atoms with Crippen LogP contribution in [0.2, 0.25) is 0 Å². The van der Waals surface area contributed by atoms with E-state index in [2.05, 4.69) is 26.3 Å². The topological polar surface area (TPSA) is 86.0 Å². The maximum absolute atomic E-state index is 13.7. The van der Waals surface area contributed by atoms with Gasteiger partial charge in [0.2, 0.25) is 0 Å². The van der Waals surface area contributed by atoms with Crippen molar-refractivity contribution >= 4 is 23.4 Å². The molecule has 0 saturated heterocycles. The Bertz CT molecular complexity index is 1260. The van der Waals surface area contributed by atoms with Gasteiger partial charge in [0.05, 0.1) is 18.5 Å². The Morgan fingerprint density at radius 3 is 2.64 bits per heavy atom. The molecule has 0 bridgehead atoms. The molecule has 2 aromatic carbocycles. The van der Waals surface area contributed by atoms with Crippen LogP contribution in [0.25, 0.3) is 5.69 Å². The number of anilines is 1. The molecule has 0 fully saturated rings. The van der Waals surface area contributed by atoms with Gasteiger partial charge in [0.1, 0.15) is 5.75 Å². The molecule has 0 aliphatic carbocycles. The van der Waals surface area contributed by atoms with Gasteiger partial charge in [-0.3, -0.25) is 4.79 Å². The van der Waals surface area contributed by atoms with Gasteiger partial charge in [0.15, 0.2) is 10.9 Å². The highest BCUT2D eigenvalue weighted by atomic mass is 32.2. The minimum absolute atomic E-state index is 0.147. The number of carbonyl (C=O) groups is 1. The number of nitrogens with zero attached hydrogens (tertiary/aromatic N) is 6. The fourth-order valence-electron chi connectivity index (χ4n) is 3.89. The molecule has 166 valence electrons. The zero-order chi connectivity index (χ0) is 22.6. The number of hydrogen-bond donors (Lipinski definition) is 0. The summed E-state index contributed by atoms with van der Waals surface area (Å²) in [7, 11) is 1.62. The Morgan fingerprint density at radius 1 is 1.06 bits per heavy atom. The van der Waals surface area contributed by atoms with Gasteiger partial charge in [0.25, 0.3) is 5.91 Å². The van der Waals surface area contributed by atoms with Crippen LogP contribution in [0.5, 0.6) is 5.75 Å². The molecular weight excluding hydrogens is 436 g/mol. The summed E-state index contributed by atoms with van der Waals surface area (Å²) in [5.41, 5.74) is 3.95. The highest BCUT2D eigenvalue weighted by molar-refractivity contribution is 7.98. The highest BCUT2D eigenvalue weighted by Gasteiger charge is 2.29. The molecule has 0 saturated carbocycles. The number of thioether (sulfide) groups is 1. The van der Waals surface area contributed by atoms with Gasteiger partial charge in [-0.05, 0) is 54.8 Å². The molecule has 0 atom stereocenters. The van der Waals surface area contributed by atoms with Crippen molar-refractivity contribution in [2.75, 3.05) is 18.6 Å². The van der Waals surface area contributed by atoms with Crippen molar-refractivity contribution < 1.29 is 9.53 Å². The maximum atomic E-state index is 13.7. The molecule has 4 aromatic rings. The number of fused-ring (bicyclic) bond motifs is 1. The van der Waals surface area contributed by atoms with Crippen LogP contribution in [-0.4, -0.2) is 44.5 Å². The van der Waals surface area contributed by atoms with Gasteiger partial charge in [0, 0.05) is 30.4 Å². The third-order valence-corrected chi connectivity index (χ3v) is 6.41. The number of carbonyl (C=O) groups excluding carboxylic acids is 1. The molecule has 9 heteroatoms. The third-order valence-electron chi connectivity index (χ3n) is 5.52. The van der Waals surface area contributed by atoms with Crippen molar-refractivity contribution in [3.05, 3.63) is 83.9 Å². The Balaban J connectivity index is 1.52. The Morgan fingerprint density at radius 2 is 1.85 bits per heavy atom. The molecule has 5 rings (SSSR count). The number of amides is 1. The molecule has 1 amide bonds. The normalized spacial score (nSPS) is 12.9. The fourth-order valence-corrected chi connectivity index (χ4v) is 4.69. The molecule has 0 radical (unpaired) electrons. The third kappa shape index (κ3) is 4.31. The van der Waals surface area contributed by atoms with E-state index in [1.807, 2.05) is 47.4 Å². The molecule has 2 aromatic heterocycles. The smallest absolute Gasteiger partial charge is 0.280 e.